The van der Waals surface area contributed by atoms with Crippen molar-refractivity contribution < 1.29 is 28.5 Å². The molecule has 0 aromatic carbocycles. The lowest BCUT2D eigenvalue weighted by Crippen LogP contribution is -2.22. The number of rotatable bonds is 12. The van der Waals surface area contributed by atoms with E-state index in [1.165, 1.54) is 0 Å². The van der Waals surface area contributed by atoms with Crippen molar-refractivity contribution >= 4 is 37.3 Å². The molecule has 0 amide bonds. The Labute approximate surface area is 209 Å². The summed E-state index contributed by atoms with van der Waals surface area (Å²) in [6, 6.07) is 1.43. The zero-order valence-electron chi connectivity index (χ0n) is 21.3. The fraction of sp³-hybridized carbons (Fsp3) is 0.652. The summed E-state index contributed by atoms with van der Waals surface area (Å²) in [5.41, 5.74) is 0.502. The molecule has 0 saturated carbocycles. The second-order valence-electron chi connectivity index (χ2n) is 8.19. The van der Waals surface area contributed by atoms with Crippen LogP contribution in [0.25, 0.3) is 0 Å². The van der Waals surface area contributed by atoms with Gasteiger partial charge in [-0.05, 0) is 26.3 Å². The molecule has 0 fully saturated rings. The maximum absolute atomic E-state index is 11.6. The van der Waals surface area contributed by atoms with Crippen LogP contribution < -0.4 is 0 Å². The van der Waals surface area contributed by atoms with Crippen LogP contribution in [0.15, 0.2) is 29.7 Å². The first-order chi connectivity index (χ1) is 16.2. The van der Waals surface area contributed by atoms with Crippen LogP contribution >= 0.6 is 11.6 Å². The number of carbonyl (C=O) groups excluding carboxylic acids is 2. The van der Waals surface area contributed by atoms with E-state index in [1.807, 2.05) is 13.0 Å². The highest BCUT2D eigenvalue weighted by molar-refractivity contribution is 6.76. The Kier molecular flexibility index (Phi) is 18.2. The smallest absolute Gasteiger partial charge is 0.374 e. The Morgan fingerprint density at radius 3 is 2.24 bits per heavy atom. The highest BCUT2D eigenvalue weighted by Gasteiger charge is 2.15. The molecule has 1 aliphatic heterocycles. The molecule has 2 heterocycles. The molecule has 194 valence electrons. The Morgan fingerprint density at radius 2 is 1.74 bits per heavy atom. The number of carbonyl (C=O) groups is 2. The average Bonchev–Trinajstić information content (AvgIpc) is 3.48. The lowest BCUT2D eigenvalue weighted by molar-refractivity contribution is -0.135. The van der Waals surface area contributed by atoms with Gasteiger partial charge in [-0.2, -0.15) is 0 Å². The van der Waals surface area contributed by atoms with Gasteiger partial charge >= 0.3 is 11.9 Å². The molecule has 0 spiro atoms. The van der Waals surface area contributed by atoms with Gasteiger partial charge in [-0.3, -0.25) is 4.99 Å². The first kappa shape index (κ1) is 32.0. The largest absolute Gasteiger partial charge is 0.461 e. The minimum atomic E-state index is -1.07. The normalized spacial score (nSPS) is 12.1. The van der Waals surface area contributed by atoms with Crippen molar-refractivity contribution in [1.82, 2.24) is 9.55 Å². The molecule has 11 heteroatoms. The van der Waals surface area contributed by atoms with Crippen molar-refractivity contribution in [2.45, 2.75) is 66.0 Å². The van der Waals surface area contributed by atoms with Crippen LogP contribution in [-0.2, 0) is 30.5 Å². The predicted octanol–water partition coefficient (Wildman–Crippen LogP) is 4.89. The molecule has 0 bridgehead atoms. The maximum atomic E-state index is 11.6. The van der Waals surface area contributed by atoms with E-state index in [4.69, 9.17) is 30.5 Å². The van der Waals surface area contributed by atoms with Gasteiger partial charge in [-0.25, -0.2) is 14.6 Å². The number of esters is 2. The van der Waals surface area contributed by atoms with Crippen molar-refractivity contribution in [2.24, 2.45) is 4.99 Å². The van der Waals surface area contributed by atoms with Crippen LogP contribution in [0.5, 0.6) is 0 Å². The highest BCUT2D eigenvalue weighted by atomic mass is 35.5. The Morgan fingerprint density at radius 1 is 1.06 bits per heavy atom. The first-order valence-electron chi connectivity index (χ1n) is 11.5. The summed E-state index contributed by atoms with van der Waals surface area (Å²) < 4.78 is 21.6. The quantitative estimate of drug-likeness (QED) is 0.168. The SMILES string of the molecule is CCCOCCl.CCOC(=O)C1=NC=CC1.CCOC(=O)c1nccn1COCC[Si](C)(C)C. The summed E-state index contributed by atoms with van der Waals surface area (Å²) in [7, 11) is -1.07. The van der Waals surface area contributed by atoms with E-state index in [1.54, 1.807) is 37.0 Å². The minimum Gasteiger partial charge on any atom is -0.461 e. The average molecular weight is 518 g/mol. The summed E-state index contributed by atoms with van der Waals surface area (Å²) in [5.74, 6) is -0.409. The fourth-order valence-corrected chi connectivity index (χ4v) is 3.12. The number of imidazole rings is 1. The van der Waals surface area contributed by atoms with Crippen LogP contribution in [0.4, 0.5) is 0 Å². The highest BCUT2D eigenvalue weighted by Crippen LogP contribution is 2.08. The Balaban J connectivity index is 0.000000568. The topological polar surface area (TPSA) is 101 Å². The third-order valence-corrected chi connectivity index (χ3v) is 5.84. The number of alkyl halides is 1. The van der Waals surface area contributed by atoms with E-state index in [-0.39, 0.29) is 5.97 Å². The third-order valence-electron chi connectivity index (χ3n) is 3.98. The van der Waals surface area contributed by atoms with Crippen molar-refractivity contribution in [3.63, 3.8) is 0 Å². The van der Waals surface area contributed by atoms with Crippen LogP contribution in [-0.4, -0.2) is 67.8 Å². The summed E-state index contributed by atoms with van der Waals surface area (Å²) in [6.45, 7) is 15.1. The minimum absolute atomic E-state index is 0.296. The molecule has 0 aliphatic carbocycles. The molecule has 1 aromatic rings. The van der Waals surface area contributed by atoms with Gasteiger partial charge in [0.1, 0.15) is 18.5 Å². The molecule has 1 aliphatic rings. The number of nitrogens with zero attached hydrogens (tertiary/aromatic N) is 3. The van der Waals surface area contributed by atoms with Gasteiger partial charge in [0.25, 0.3) is 0 Å². The van der Waals surface area contributed by atoms with E-state index >= 15 is 0 Å². The second-order valence-corrected chi connectivity index (χ2v) is 14.0. The maximum Gasteiger partial charge on any atom is 0.374 e. The number of ether oxygens (including phenoxy) is 4. The van der Waals surface area contributed by atoms with Crippen LogP contribution in [0.3, 0.4) is 0 Å². The van der Waals surface area contributed by atoms with E-state index < -0.39 is 14.0 Å². The lowest BCUT2D eigenvalue weighted by Gasteiger charge is -2.15. The molecule has 2 rings (SSSR count). The summed E-state index contributed by atoms with van der Waals surface area (Å²) in [4.78, 5) is 30.2. The van der Waals surface area contributed by atoms with Crippen molar-refractivity contribution in [2.75, 3.05) is 32.5 Å². The predicted molar refractivity (Wildman–Crippen MR) is 137 cm³/mol. The zero-order valence-corrected chi connectivity index (χ0v) is 23.1. The monoisotopic (exact) mass is 517 g/mol. The number of aliphatic imine (C=N–C) groups is 1. The van der Waals surface area contributed by atoms with Gasteiger partial charge in [-0.1, -0.05) is 44.2 Å². The molecular weight excluding hydrogens is 478 g/mol. The van der Waals surface area contributed by atoms with Crippen molar-refractivity contribution in [3.05, 3.63) is 30.5 Å². The molecule has 0 unspecified atom stereocenters. The summed E-state index contributed by atoms with van der Waals surface area (Å²) >= 11 is 5.16. The standard InChI is InChI=1S/C12H22N2O3Si.C7H9NO2.C4H9ClO/c1-5-17-12(15)11-13-6-7-14(11)10-16-8-9-18(2,3)4;1-2-10-7(9)6-4-3-5-8-6;1-2-3-6-4-5/h6-7H,5,8-10H2,1-4H3;3,5H,2,4H2,1H3;2-4H2,1H3. The molecule has 0 atom stereocenters. The number of aromatic nitrogens is 2. The molecule has 0 radical (unpaired) electrons. The first-order valence-corrected chi connectivity index (χ1v) is 15.7. The number of allylic oxidation sites excluding steroid dienone is 1. The van der Waals surface area contributed by atoms with Crippen LogP contribution in [0.1, 0.15) is 44.2 Å². The molecular formula is C23H40ClN3O6Si. The van der Waals surface area contributed by atoms with Crippen molar-refractivity contribution in [1.29, 1.82) is 0 Å². The van der Waals surface area contributed by atoms with Crippen LogP contribution in [0, 0.1) is 0 Å². The summed E-state index contributed by atoms with van der Waals surface area (Å²) in [5, 5.41) is 0. The number of hydrogen-bond acceptors (Lipinski definition) is 8. The second kappa shape index (κ2) is 19.3. The third kappa shape index (κ3) is 15.8. The molecule has 0 N–H and O–H groups in total. The van der Waals surface area contributed by atoms with E-state index in [0.717, 1.165) is 25.7 Å². The Bertz CT molecular complexity index is 758. The van der Waals surface area contributed by atoms with E-state index in [0.29, 0.717) is 44.0 Å². The van der Waals surface area contributed by atoms with Gasteiger partial charge < -0.3 is 23.5 Å². The fourth-order valence-electron chi connectivity index (χ4n) is 2.25. The van der Waals surface area contributed by atoms with Crippen LogP contribution in [0.2, 0.25) is 25.7 Å². The van der Waals surface area contributed by atoms with E-state index in [2.05, 4.69) is 29.6 Å². The van der Waals surface area contributed by atoms with Gasteiger partial charge in [0.05, 0.1) is 13.2 Å². The Hall–Kier alpha value is -2.01. The zero-order chi connectivity index (χ0) is 25.8. The molecule has 0 saturated heterocycles. The number of hydrogen-bond donors (Lipinski definition) is 0. The van der Waals surface area contributed by atoms with Crippen molar-refractivity contribution in [3.8, 4) is 0 Å². The lowest BCUT2D eigenvalue weighted by atomic mass is 10.3. The molecule has 1 aromatic heterocycles. The molecule has 34 heavy (non-hydrogen) atoms. The van der Waals surface area contributed by atoms with Gasteiger partial charge in [0.15, 0.2) is 0 Å². The number of halogens is 1. The van der Waals surface area contributed by atoms with Gasteiger partial charge in [0, 0.05) is 46.3 Å². The van der Waals surface area contributed by atoms with E-state index in [9.17, 15) is 9.59 Å². The van der Waals surface area contributed by atoms with Gasteiger partial charge in [-0.15, -0.1) is 0 Å². The molecule has 9 nitrogen and oxygen atoms in total. The summed E-state index contributed by atoms with van der Waals surface area (Å²) in [6.07, 6.45) is 8.40. The van der Waals surface area contributed by atoms with Gasteiger partial charge in [0.2, 0.25) is 5.82 Å².